The predicted octanol–water partition coefficient (Wildman–Crippen LogP) is 3.38. The van der Waals surface area contributed by atoms with Gasteiger partial charge in [0, 0.05) is 5.57 Å². The Morgan fingerprint density at radius 2 is 2.00 bits per heavy atom. The first kappa shape index (κ1) is 11.3. The summed E-state index contributed by atoms with van der Waals surface area (Å²) < 4.78 is 0. The molecule has 0 aliphatic heterocycles. The van der Waals surface area contributed by atoms with E-state index in [2.05, 4.69) is 0 Å². The predicted molar refractivity (Wildman–Crippen MR) is 57.2 cm³/mol. The van der Waals surface area contributed by atoms with Crippen LogP contribution in [0.4, 0.5) is 0 Å². The third-order valence-electron chi connectivity index (χ3n) is 2.96. The molecule has 2 nitrogen and oxygen atoms in total. The van der Waals surface area contributed by atoms with Crippen LogP contribution in [0.1, 0.15) is 51.9 Å². The Hall–Kier alpha value is -0.790. The summed E-state index contributed by atoms with van der Waals surface area (Å²) in [5, 5.41) is 8.97. The van der Waals surface area contributed by atoms with E-state index in [9.17, 15) is 4.79 Å². The number of rotatable bonds is 4. The van der Waals surface area contributed by atoms with E-state index in [4.69, 9.17) is 5.11 Å². The lowest BCUT2D eigenvalue weighted by Crippen LogP contribution is -2.11. The van der Waals surface area contributed by atoms with Crippen molar-refractivity contribution in [2.24, 2.45) is 5.92 Å². The highest BCUT2D eigenvalue weighted by Crippen LogP contribution is 2.29. The van der Waals surface area contributed by atoms with Gasteiger partial charge in [0.2, 0.25) is 0 Å². The Balaban J connectivity index is 2.46. The van der Waals surface area contributed by atoms with E-state index in [-0.39, 0.29) is 0 Å². The second kappa shape index (κ2) is 5.84. The molecule has 0 spiro atoms. The molecule has 14 heavy (non-hydrogen) atoms. The Labute approximate surface area is 86.0 Å². The van der Waals surface area contributed by atoms with E-state index in [1.807, 2.05) is 13.0 Å². The fourth-order valence-electron chi connectivity index (χ4n) is 2.21. The highest BCUT2D eigenvalue weighted by atomic mass is 16.4. The van der Waals surface area contributed by atoms with Crippen molar-refractivity contribution in [3.05, 3.63) is 11.6 Å². The second-order valence-corrected chi connectivity index (χ2v) is 4.15. The van der Waals surface area contributed by atoms with Gasteiger partial charge in [-0.25, -0.2) is 4.79 Å². The standard InChI is InChI=1S/C12H20O2/c1-2-6-11(12(13)14)9-10-7-4-3-5-8-10/h6,10H,2-5,7-9H2,1H3,(H,13,14). The van der Waals surface area contributed by atoms with Crippen LogP contribution in [0.2, 0.25) is 0 Å². The van der Waals surface area contributed by atoms with E-state index in [1.54, 1.807) is 0 Å². The maximum Gasteiger partial charge on any atom is 0.331 e. The Bertz CT molecular complexity index is 212. The lowest BCUT2D eigenvalue weighted by molar-refractivity contribution is -0.133. The zero-order valence-electron chi connectivity index (χ0n) is 8.96. The van der Waals surface area contributed by atoms with E-state index in [0.717, 1.165) is 12.8 Å². The minimum Gasteiger partial charge on any atom is -0.478 e. The molecule has 1 N–H and O–H groups in total. The van der Waals surface area contributed by atoms with Crippen LogP contribution in [0.5, 0.6) is 0 Å². The molecule has 0 aromatic carbocycles. The molecule has 0 bridgehead atoms. The van der Waals surface area contributed by atoms with Gasteiger partial charge in [-0.3, -0.25) is 0 Å². The average Bonchev–Trinajstić information content (AvgIpc) is 2.18. The van der Waals surface area contributed by atoms with E-state index < -0.39 is 5.97 Å². The second-order valence-electron chi connectivity index (χ2n) is 4.15. The number of carboxylic acids is 1. The molecule has 0 saturated heterocycles. The van der Waals surface area contributed by atoms with Gasteiger partial charge in [0.25, 0.3) is 0 Å². The molecule has 0 radical (unpaired) electrons. The molecule has 1 aliphatic carbocycles. The Kier molecular flexibility index (Phi) is 4.71. The third-order valence-corrected chi connectivity index (χ3v) is 2.96. The Morgan fingerprint density at radius 1 is 1.36 bits per heavy atom. The van der Waals surface area contributed by atoms with Crippen LogP contribution in [-0.4, -0.2) is 11.1 Å². The fraction of sp³-hybridized carbons (Fsp3) is 0.750. The minimum absolute atomic E-state index is 0.623. The van der Waals surface area contributed by atoms with Crippen LogP contribution >= 0.6 is 0 Å². The molecule has 0 unspecified atom stereocenters. The molecule has 0 aromatic rings. The SMILES string of the molecule is CCC=C(CC1CCCCC1)C(=O)O. The van der Waals surface area contributed by atoms with E-state index >= 15 is 0 Å². The first-order valence-corrected chi connectivity index (χ1v) is 5.66. The maximum absolute atomic E-state index is 10.9. The van der Waals surface area contributed by atoms with Gasteiger partial charge in [-0.15, -0.1) is 0 Å². The molecule has 1 aliphatic rings. The number of carboxylic acid groups (broad SMARTS) is 1. The molecule has 1 rings (SSSR count). The number of hydrogen-bond donors (Lipinski definition) is 1. The summed E-state index contributed by atoms with van der Waals surface area (Å²) in [4.78, 5) is 10.9. The van der Waals surface area contributed by atoms with Crippen molar-refractivity contribution in [2.45, 2.75) is 51.9 Å². The molecule has 80 valence electrons. The first-order valence-electron chi connectivity index (χ1n) is 5.66. The maximum atomic E-state index is 10.9. The van der Waals surface area contributed by atoms with Crippen molar-refractivity contribution >= 4 is 5.97 Å². The lowest BCUT2D eigenvalue weighted by atomic mass is 9.84. The smallest absolute Gasteiger partial charge is 0.331 e. The monoisotopic (exact) mass is 196 g/mol. The van der Waals surface area contributed by atoms with Crippen LogP contribution in [0, 0.1) is 5.92 Å². The highest BCUT2D eigenvalue weighted by molar-refractivity contribution is 5.86. The summed E-state index contributed by atoms with van der Waals surface area (Å²) >= 11 is 0. The quantitative estimate of drug-likeness (QED) is 0.700. The summed E-state index contributed by atoms with van der Waals surface area (Å²) in [7, 11) is 0. The summed E-state index contributed by atoms with van der Waals surface area (Å²) in [5.41, 5.74) is 0.624. The van der Waals surface area contributed by atoms with Gasteiger partial charge in [0.1, 0.15) is 0 Å². The van der Waals surface area contributed by atoms with Crippen LogP contribution in [-0.2, 0) is 4.79 Å². The third kappa shape index (κ3) is 3.52. The first-order chi connectivity index (χ1) is 6.74. The molecule has 1 fully saturated rings. The molecular formula is C12H20O2. The number of aliphatic carboxylic acids is 1. The fourth-order valence-corrected chi connectivity index (χ4v) is 2.21. The molecule has 0 aromatic heterocycles. The van der Waals surface area contributed by atoms with Gasteiger partial charge in [0.05, 0.1) is 0 Å². The van der Waals surface area contributed by atoms with Gasteiger partial charge in [-0.2, -0.15) is 0 Å². The van der Waals surface area contributed by atoms with E-state index in [1.165, 1.54) is 32.1 Å². The summed E-state index contributed by atoms with van der Waals surface area (Å²) in [6.07, 6.45) is 9.79. The van der Waals surface area contributed by atoms with Gasteiger partial charge in [-0.1, -0.05) is 45.1 Å². The number of hydrogen-bond acceptors (Lipinski definition) is 1. The molecular weight excluding hydrogens is 176 g/mol. The van der Waals surface area contributed by atoms with Crippen molar-refractivity contribution in [3.63, 3.8) is 0 Å². The van der Waals surface area contributed by atoms with Gasteiger partial charge in [0.15, 0.2) is 0 Å². The molecule has 0 amide bonds. The summed E-state index contributed by atoms with van der Waals surface area (Å²) in [6.45, 7) is 1.99. The van der Waals surface area contributed by atoms with Crippen LogP contribution in [0.15, 0.2) is 11.6 Å². The molecule has 0 heterocycles. The highest BCUT2D eigenvalue weighted by Gasteiger charge is 2.17. The van der Waals surface area contributed by atoms with Crippen molar-refractivity contribution in [2.75, 3.05) is 0 Å². The zero-order chi connectivity index (χ0) is 10.4. The number of allylic oxidation sites excluding steroid dienone is 1. The normalized spacial score (nSPS) is 19.6. The summed E-state index contributed by atoms with van der Waals surface area (Å²) in [6, 6.07) is 0. The largest absolute Gasteiger partial charge is 0.478 e. The van der Waals surface area contributed by atoms with Gasteiger partial charge in [-0.05, 0) is 18.8 Å². The van der Waals surface area contributed by atoms with Crippen molar-refractivity contribution in [3.8, 4) is 0 Å². The molecule has 0 atom stereocenters. The average molecular weight is 196 g/mol. The topological polar surface area (TPSA) is 37.3 Å². The van der Waals surface area contributed by atoms with Crippen molar-refractivity contribution in [1.29, 1.82) is 0 Å². The van der Waals surface area contributed by atoms with Crippen molar-refractivity contribution in [1.82, 2.24) is 0 Å². The van der Waals surface area contributed by atoms with Crippen molar-refractivity contribution < 1.29 is 9.90 Å². The van der Waals surface area contributed by atoms with Crippen LogP contribution < -0.4 is 0 Å². The molecule has 2 heteroatoms. The summed E-state index contributed by atoms with van der Waals surface area (Å²) in [5.74, 6) is -0.102. The number of carbonyl (C=O) groups is 1. The van der Waals surface area contributed by atoms with Gasteiger partial charge >= 0.3 is 5.97 Å². The Morgan fingerprint density at radius 3 is 2.50 bits per heavy atom. The van der Waals surface area contributed by atoms with Crippen LogP contribution in [0.25, 0.3) is 0 Å². The van der Waals surface area contributed by atoms with E-state index in [0.29, 0.717) is 11.5 Å². The minimum atomic E-state index is -0.725. The zero-order valence-corrected chi connectivity index (χ0v) is 8.96. The van der Waals surface area contributed by atoms with Crippen LogP contribution in [0.3, 0.4) is 0 Å². The van der Waals surface area contributed by atoms with Gasteiger partial charge < -0.3 is 5.11 Å². The lowest BCUT2D eigenvalue weighted by Gasteiger charge is -2.21. The molecule has 1 saturated carbocycles.